The van der Waals surface area contributed by atoms with Crippen molar-refractivity contribution in [3.05, 3.63) is 90.0 Å². The molecule has 0 aliphatic carbocycles. The molecule has 3 aromatic carbocycles. The Labute approximate surface area is 166 Å². The highest BCUT2D eigenvalue weighted by Gasteiger charge is 2.36. The third kappa shape index (κ3) is 3.38. The molecule has 3 aromatic rings. The topological polar surface area (TPSA) is 49.4 Å². The van der Waals surface area contributed by atoms with E-state index in [1.165, 1.54) is 0 Å². The minimum atomic E-state index is -3.73. The molecule has 144 valence electrons. The van der Waals surface area contributed by atoms with Crippen LogP contribution in [0.15, 0.2) is 83.8 Å². The molecular weight excluding hydrogens is 368 g/mol. The second kappa shape index (κ2) is 7.32. The maximum atomic E-state index is 13.8. The number of sulfonamides is 1. The van der Waals surface area contributed by atoms with E-state index in [9.17, 15) is 8.42 Å². The molecule has 1 N–H and O–H groups in total. The average molecular weight is 393 g/mol. The minimum absolute atomic E-state index is 0.166. The van der Waals surface area contributed by atoms with Crippen LogP contribution in [-0.4, -0.2) is 14.5 Å². The maximum Gasteiger partial charge on any atom is 0.264 e. The van der Waals surface area contributed by atoms with Gasteiger partial charge in [-0.2, -0.15) is 0 Å². The van der Waals surface area contributed by atoms with Crippen LogP contribution in [0.1, 0.15) is 30.5 Å². The fourth-order valence-corrected chi connectivity index (χ4v) is 5.45. The largest absolute Gasteiger partial charge is 0.382 e. The van der Waals surface area contributed by atoms with Crippen LogP contribution in [0, 0.1) is 6.92 Å². The van der Waals surface area contributed by atoms with Gasteiger partial charge < -0.3 is 5.32 Å². The maximum absolute atomic E-state index is 13.8. The number of rotatable bonds is 4. The number of para-hydroxylation sites is 2. The number of benzene rings is 3. The van der Waals surface area contributed by atoms with E-state index in [1.54, 1.807) is 16.4 Å². The van der Waals surface area contributed by atoms with Gasteiger partial charge in [0, 0.05) is 11.7 Å². The van der Waals surface area contributed by atoms with Gasteiger partial charge in [0.25, 0.3) is 10.0 Å². The second-order valence-corrected chi connectivity index (χ2v) is 9.15. The number of hydrogen-bond acceptors (Lipinski definition) is 3. The predicted molar refractivity (Wildman–Crippen MR) is 114 cm³/mol. The normalized spacial score (nSPS) is 18.8. The standard InChI is InChI=1S/C23H24N2O2S/c1-17-12-14-20(15-13-17)28(26,27)25(19-8-4-3-5-9-19)23-16-18(2)24-22-11-7-6-10-21(22)23/h3-15,18,23-24H,16H2,1-2H3/t18-,23-/m1/s1. The number of nitrogens with one attached hydrogen (secondary N) is 1. The second-order valence-electron chi connectivity index (χ2n) is 7.33. The fourth-order valence-electron chi connectivity index (χ4n) is 3.81. The van der Waals surface area contributed by atoms with Crippen LogP contribution in [0.4, 0.5) is 11.4 Å². The highest BCUT2D eigenvalue weighted by atomic mass is 32.2. The van der Waals surface area contributed by atoms with Gasteiger partial charge in [0.1, 0.15) is 0 Å². The summed E-state index contributed by atoms with van der Waals surface area (Å²) < 4.78 is 29.1. The molecule has 4 rings (SSSR count). The van der Waals surface area contributed by atoms with Gasteiger partial charge in [-0.05, 0) is 56.2 Å². The van der Waals surface area contributed by atoms with E-state index in [0.29, 0.717) is 17.0 Å². The van der Waals surface area contributed by atoms with Gasteiger partial charge in [0.05, 0.1) is 16.6 Å². The lowest BCUT2D eigenvalue weighted by atomic mass is 9.93. The van der Waals surface area contributed by atoms with Crippen molar-refractivity contribution in [3.8, 4) is 0 Å². The number of fused-ring (bicyclic) bond motifs is 1. The van der Waals surface area contributed by atoms with Crippen molar-refractivity contribution in [3.63, 3.8) is 0 Å². The minimum Gasteiger partial charge on any atom is -0.382 e. The summed E-state index contributed by atoms with van der Waals surface area (Å²) in [4.78, 5) is 0.311. The van der Waals surface area contributed by atoms with E-state index >= 15 is 0 Å². The molecule has 1 aliphatic heterocycles. The van der Waals surface area contributed by atoms with Gasteiger partial charge in [-0.1, -0.05) is 54.1 Å². The zero-order chi connectivity index (χ0) is 19.7. The molecule has 0 aromatic heterocycles. The Balaban J connectivity index is 1.90. The molecule has 0 saturated carbocycles. The van der Waals surface area contributed by atoms with E-state index in [-0.39, 0.29) is 12.1 Å². The van der Waals surface area contributed by atoms with Gasteiger partial charge in [-0.15, -0.1) is 0 Å². The molecule has 1 aliphatic rings. The molecule has 0 fully saturated rings. The summed E-state index contributed by atoms with van der Waals surface area (Å²) in [6.07, 6.45) is 0.691. The quantitative estimate of drug-likeness (QED) is 0.669. The first-order chi connectivity index (χ1) is 13.5. The summed E-state index contributed by atoms with van der Waals surface area (Å²) >= 11 is 0. The monoisotopic (exact) mass is 392 g/mol. The predicted octanol–water partition coefficient (Wildman–Crippen LogP) is 5.14. The molecule has 0 unspecified atom stereocenters. The number of nitrogens with zero attached hydrogens (tertiary/aromatic N) is 1. The molecule has 4 nitrogen and oxygen atoms in total. The van der Waals surface area contributed by atoms with E-state index in [1.807, 2.05) is 73.7 Å². The van der Waals surface area contributed by atoms with Crippen LogP contribution < -0.4 is 9.62 Å². The van der Waals surface area contributed by atoms with Crippen molar-refractivity contribution in [2.24, 2.45) is 0 Å². The molecule has 0 saturated heterocycles. The highest BCUT2D eigenvalue weighted by molar-refractivity contribution is 7.92. The lowest BCUT2D eigenvalue weighted by molar-refractivity contribution is 0.541. The van der Waals surface area contributed by atoms with E-state index in [2.05, 4.69) is 12.2 Å². The van der Waals surface area contributed by atoms with E-state index in [0.717, 1.165) is 16.8 Å². The van der Waals surface area contributed by atoms with Crippen LogP contribution in [-0.2, 0) is 10.0 Å². The molecule has 0 amide bonds. The highest BCUT2D eigenvalue weighted by Crippen LogP contribution is 2.41. The summed E-state index contributed by atoms with van der Waals surface area (Å²) in [7, 11) is -3.73. The van der Waals surface area contributed by atoms with Gasteiger partial charge in [-0.25, -0.2) is 8.42 Å². The summed E-state index contributed by atoms with van der Waals surface area (Å²) in [6, 6.07) is 24.3. The smallest absolute Gasteiger partial charge is 0.264 e. The summed E-state index contributed by atoms with van der Waals surface area (Å²) in [6.45, 7) is 4.04. The van der Waals surface area contributed by atoms with Gasteiger partial charge >= 0.3 is 0 Å². The van der Waals surface area contributed by atoms with Crippen molar-refractivity contribution in [1.82, 2.24) is 0 Å². The first-order valence-electron chi connectivity index (χ1n) is 9.48. The first-order valence-corrected chi connectivity index (χ1v) is 10.9. The zero-order valence-corrected chi connectivity index (χ0v) is 16.9. The van der Waals surface area contributed by atoms with Gasteiger partial charge in [0.2, 0.25) is 0 Å². The molecule has 5 heteroatoms. The van der Waals surface area contributed by atoms with Crippen molar-refractivity contribution in [2.75, 3.05) is 9.62 Å². The van der Waals surface area contributed by atoms with Gasteiger partial charge in [-0.3, -0.25) is 4.31 Å². The lowest BCUT2D eigenvalue weighted by Gasteiger charge is -2.39. The number of anilines is 2. The zero-order valence-electron chi connectivity index (χ0n) is 16.0. The molecule has 1 heterocycles. The fraction of sp³-hybridized carbons (Fsp3) is 0.217. The van der Waals surface area contributed by atoms with Crippen molar-refractivity contribution >= 4 is 21.4 Å². The Hall–Kier alpha value is -2.79. The number of aryl methyl sites for hydroxylation is 1. The van der Waals surface area contributed by atoms with Crippen LogP contribution in [0.25, 0.3) is 0 Å². The van der Waals surface area contributed by atoms with Crippen molar-refractivity contribution in [2.45, 2.75) is 37.2 Å². The third-order valence-corrected chi connectivity index (χ3v) is 7.02. The Bertz CT molecular complexity index is 1060. The van der Waals surface area contributed by atoms with Crippen molar-refractivity contribution in [1.29, 1.82) is 0 Å². The molecule has 28 heavy (non-hydrogen) atoms. The summed E-state index contributed by atoms with van der Waals surface area (Å²) in [5.74, 6) is 0. The first kappa shape index (κ1) is 18.6. The average Bonchev–Trinajstić information content (AvgIpc) is 2.69. The molecular formula is C23H24N2O2S. The van der Waals surface area contributed by atoms with Crippen LogP contribution in [0.2, 0.25) is 0 Å². The van der Waals surface area contributed by atoms with Gasteiger partial charge in [0.15, 0.2) is 0 Å². The summed E-state index contributed by atoms with van der Waals surface area (Å²) in [5, 5.41) is 3.47. The Morgan fingerprint density at radius 2 is 1.54 bits per heavy atom. The van der Waals surface area contributed by atoms with Crippen LogP contribution >= 0.6 is 0 Å². The number of hydrogen-bond donors (Lipinski definition) is 1. The Morgan fingerprint density at radius 1 is 0.893 bits per heavy atom. The van der Waals surface area contributed by atoms with Crippen LogP contribution in [0.3, 0.4) is 0 Å². The SMILES string of the molecule is Cc1ccc(S(=O)(=O)N(c2ccccc2)[C@@H]2C[C@@H](C)Nc3ccccc32)cc1. The Kier molecular flexibility index (Phi) is 4.85. The Morgan fingerprint density at radius 3 is 2.25 bits per heavy atom. The molecule has 0 radical (unpaired) electrons. The van der Waals surface area contributed by atoms with Crippen LogP contribution in [0.5, 0.6) is 0 Å². The third-order valence-electron chi connectivity index (χ3n) is 5.17. The van der Waals surface area contributed by atoms with E-state index < -0.39 is 10.0 Å². The van der Waals surface area contributed by atoms with E-state index in [4.69, 9.17) is 0 Å². The lowest BCUT2D eigenvalue weighted by Crippen LogP contribution is -2.40. The molecule has 0 spiro atoms. The summed E-state index contributed by atoms with van der Waals surface area (Å²) in [5.41, 5.74) is 3.70. The van der Waals surface area contributed by atoms with Crippen molar-refractivity contribution < 1.29 is 8.42 Å². The molecule has 2 atom stereocenters. The molecule has 0 bridgehead atoms.